The SMILES string of the molecule is Brc1cccc2c1oc1ccccc12.Nc1ccc(-c2ccccc2)cc1. The summed E-state index contributed by atoms with van der Waals surface area (Å²) < 4.78 is 6.74. The molecule has 132 valence electrons. The molecule has 0 saturated carbocycles. The quantitative estimate of drug-likeness (QED) is 0.292. The summed E-state index contributed by atoms with van der Waals surface area (Å²) in [5.74, 6) is 0. The van der Waals surface area contributed by atoms with Crippen molar-refractivity contribution in [3.63, 3.8) is 0 Å². The lowest BCUT2D eigenvalue weighted by molar-refractivity contribution is 0.667. The number of nitrogen functional groups attached to an aromatic ring is 1. The fraction of sp³-hybridized carbons (Fsp3) is 0. The maximum absolute atomic E-state index is 5.74. The fourth-order valence-corrected chi connectivity index (χ4v) is 3.47. The Balaban J connectivity index is 0.000000134. The van der Waals surface area contributed by atoms with E-state index < -0.39 is 0 Å². The first kappa shape index (κ1) is 17.4. The molecule has 0 spiro atoms. The minimum Gasteiger partial charge on any atom is -0.455 e. The number of anilines is 1. The molecule has 0 amide bonds. The van der Waals surface area contributed by atoms with E-state index in [0.717, 1.165) is 26.7 Å². The lowest BCUT2D eigenvalue weighted by atomic mass is 10.1. The van der Waals surface area contributed by atoms with E-state index in [0.29, 0.717) is 0 Å². The summed E-state index contributed by atoms with van der Waals surface area (Å²) in [7, 11) is 0. The van der Waals surface area contributed by atoms with Gasteiger partial charge in [-0.15, -0.1) is 0 Å². The Morgan fingerprint density at radius 2 is 1.22 bits per heavy atom. The smallest absolute Gasteiger partial charge is 0.149 e. The molecule has 4 aromatic carbocycles. The van der Waals surface area contributed by atoms with Gasteiger partial charge in [-0.1, -0.05) is 72.8 Å². The molecule has 5 rings (SSSR count). The molecule has 0 unspecified atom stereocenters. The van der Waals surface area contributed by atoms with E-state index in [4.69, 9.17) is 10.2 Å². The molecule has 0 saturated heterocycles. The van der Waals surface area contributed by atoms with Crippen LogP contribution in [0.25, 0.3) is 33.1 Å². The Kier molecular flexibility index (Phi) is 4.95. The predicted octanol–water partition coefficient (Wildman–Crippen LogP) is 7.28. The number of halogens is 1. The van der Waals surface area contributed by atoms with Crippen LogP contribution in [0.15, 0.2) is 106 Å². The van der Waals surface area contributed by atoms with Gasteiger partial charge in [-0.25, -0.2) is 0 Å². The molecule has 1 heterocycles. The van der Waals surface area contributed by atoms with Gasteiger partial charge in [0.25, 0.3) is 0 Å². The molecule has 0 bridgehead atoms. The number of fused-ring (bicyclic) bond motifs is 3. The number of para-hydroxylation sites is 2. The highest BCUT2D eigenvalue weighted by atomic mass is 79.9. The molecule has 2 nitrogen and oxygen atoms in total. The monoisotopic (exact) mass is 415 g/mol. The van der Waals surface area contributed by atoms with Crippen molar-refractivity contribution in [3.05, 3.63) is 102 Å². The molecule has 0 aliphatic rings. The second kappa shape index (κ2) is 7.68. The summed E-state index contributed by atoms with van der Waals surface area (Å²) in [6, 6.07) is 32.3. The first-order chi connectivity index (χ1) is 13.2. The van der Waals surface area contributed by atoms with Gasteiger partial charge in [-0.05, 0) is 51.3 Å². The van der Waals surface area contributed by atoms with Gasteiger partial charge >= 0.3 is 0 Å². The molecule has 5 aromatic rings. The number of benzene rings is 4. The van der Waals surface area contributed by atoms with Gasteiger partial charge in [0.05, 0.1) is 4.47 Å². The zero-order valence-electron chi connectivity index (χ0n) is 14.6. The van der Waals surface area contributed by atoms with Gasteiger partial charge in [-0.3, -0.25) is 0 Å². The molecule has 0 aliphatic heterocycles. The first-order valence-corrected chi connectivity index (χ1v) is 9.48. The standard InChI is InChI=1S/C12H7BrO.C12H11N/c13-10-6-3-5-9-8-4-1-2-7-11(8)14-12(9)10;13-12-8-6-11(7-9-12)10-4-2-1-3-5-10/h1-7H;1-9H,13H2. The average molecular weight is 416 g/mol. The normalized spacial score (nSPS) is 10.6. The number of hydrogen-bond acceptors (Lipinski definition) is 2. The maximum Gasteiger partial charge on any atom is 0.149 e. The van der Waals surface area contributed by atoms with Gasteiger partial charge in [0.1, 0.15) is 11.2 Å². The van der Waals surface area contributed by atoms with Crippen molar-refractivity contribution < 1.29 is 4.42 Å². The van der Waals surface area contributed by atoms with Crippen LogP contribution in [0.3, 0.4) is 0 Å². The molecule has 3 heteroatoms. The molecule has 1 aromatic heterocycles. The van der Waals surface area contributed by atoms with E-state index in [9.17, 15) is 0 Å². The van der Waals surface area contributed by atoms with Gasteiger partial charge < -0.3 is 10.2 Å². The maximum atomic E-state index is 5.74. The van der Waals surface area contributed by atoms with Crippen LogP contribution in [-0.4, -0.2) is 0 Å². The molecular formula is C24H18BrNO. The van der Waals surface area contributed by atoms with E-state index in [2.05, 4.69) is 40.2 Å². The summed E-state index contributed by atoms with van der Waals surface area (Å²) in [6.07, 6.45) is 0. The summed E-state index contributed by atoms with van der Waals surface area (Å²) in [4.78, 5) is 0. The van der Waals surface area contributed by atoms with Crippen LogP contribution >= 0.6 is 15.9 Å². The second-order valence-electron chi connectivity index (χ2n) is 6.20. The third-order valence-electron chi connectivity index (χ3n) is 4.37. The largest absolute Gasteiger partial charge is 0.455 e. The fourth-order valence-electron chi connectivity index (χ4n) is 3.02. The summed E-state index contributed by atoms with van der Waals surface area (Å²) >= 11 is 3.48. The van der Waals surface area contributed by atoms with E-state index >= 15 is 0 Å². The Morgan fingerprint density at radius 3 is 2.00 bits per heavy atom. The Labute approximate surface area is 166 Å². The summed E-state index contributed by atoms with van der Waals surface area (Å²) in [5.41, 5.74) is 10.7. The van der Waals surface area contributed by atoms with Crippen molar-refractivity contribution in [2.45, 2.75) is 0 Å². The lowest BCUT2D eigenvalue weighted by Crippen LogP contribution is -1.83. The molecule has 27 heavy (non-hydrogen) atoms. The highest BCUT2D eigenvalue weighted by Crippen LogP contribution is 2.32. The van der Waals surface area contributed by atoms with Gasteiger partial charge in [0.2, 0.25) is 0 Å². The Morgan fingerprint density at radius 1 is 0.593 bits per heavy atom. The van der Waals surface area contributed by atoms with Crippen LogP contribution in [0.5, 0.6) is 0 Å². The van der Waals surface area contributed by atoms with Crippen LogP contribution in [0.4, 0.5) is 5.69 Å². The average Bonchev–Trinajstić information content (AvgIpc) is 3.10. The van der Waals surface area contributed by atoms with Crippen molar-refractivity contribution in [3.8, 4) is 11.1 Å². The minimum atomic E-state index is 0.805. The molecule has 2 N–H and O–H groups in total. The van der Waals surface area contributed by atoms with E-state index in [1.54, 1.807) is 0 Å². The minimum absolute atomic E-state index is 0.805. The van der Waals surface area contributed by atoms with Gasteiger partial charge in [-0.2, -0.15) is 0 Å². The topological polar surface area (TPSA) is 39.2 Å². The van der Waals surface area contributed by atoms with Crippen LogP contribution in [-0.2, 0) is 0 Å². The highest BCUT2D eigenvalue weighted by Gasteiger charge is 2.07. The zero-order chi connectivity index (χ0) is 18.6. The van der Waals surface area contributed by atoms with Crippen molar-refractivity contribution in [2.75, 3.05) is 5.73 Å². The van der Waals surface area contributed by atoms with Crippen molar-refractivity contribution >= 4 is 43.6 Å². The van der Waals surface area contributed by atoms with Crippen LogP contribution < -0.4 is 5.73 Å². The first-order valence-electron chi connectivity index (χ1n) is 8.69. The molecule has 0 aliphatic carbocycles. The van der Waals surface area contributed by atoms with Crippen LogP contribution in [0.2, 0.25) is 0 Å². The highest BCUT2D eigenvalue weighted by molar-refractivity contribution is 9.10. The molecule has 0 fully saturated rings. The van der Waals surface area contributed by atoms with E-state index in [-0.39, 0.29) is 0 Å². The Bertz CT molecular complexity index is 1180. The molecule has 0 atom stereocenters. The van der Waals surface area contributed by atoms with Crippen LogP contribution in [0, 0.1) is 0 Å². The van der Waals surface area contributed by atoms with Crippen LogP contribution in [0.1, 0.15) is 0 Å². The lowest BCUT2D eigenvalue weighted by Gasteiger charge is -2.00. The number of hydrogen-bond donors (Lipinski definition) is 1. The van der Waals surface area contributed by atoms with Gasteiger partial charge in [0.15, 0.2) is 0 Å². The summed E-state index contributed by atoms with van der Waals surface area (Å²) in [5, 5.41) is 2.33. The third kappa shape index (κ3) is 3.74. The van der Waals surface area contributed by atoms with Crippen molar-refractivity contribution in [2.24, 2.45) is 0 Å². The summed E-state index contributed by atoms with van der Waals surface area (Å²) in [6.45, 7) is 0. The number of furan rings is 1. The predicted molar refractivity (Wildman–Crippen MR) is 118 cm³/mol. The third-order valence-corrected chi connectivity index (χ3v) is 5.00. The van der Waals surface area contributed by atoms with E-state index in [1.165, 1.54) is 16.5 Å². The molecule has 0 radical (unpaired) electrons. The van der Waals surface area contributed by atoms with Crippen molar-refractivity contribution in [1.29, 1.82) is 0 Å². The van der Waals surface area contributed by atoms with E-state index in [1.807, 2.05) is 72.8 Å². The van der Waals surface area contributed by atoms with Crippen molar-refractivity contribution in [1.82, 2.24) is 0 Å². The zero-order valence-corrected chi connectivity index (χ0v) is 16.2. The number of rotatable bonds is 1. The van der Waals surface area contributed by atoms with Gasteiger partial charge in [0, 0.05) is 16.5 Å². The number of nitrogens with two attached hydrogens (primary N) is 1. The second-order valence-corrected chi connectivity index (χ2v) is 7.06. The Hall–Kier alpha value is -3.04. The molecular weight excluding hydrogens is 398 g/mol.